The van der Waals surface area contributed by atoms with E-state index < -0.39 is 23.9 Å². The van der Waals surface area contributed by atoms with Crippen LogP contribution in [-0.2, 0) is 0 Å². The van der Waals surface area contributed by atoms with Gasteiger partial charge in [0.2, 0.25) is 0 Å². The highest BCUT2D eigenvalue weighted by molar-refractivity contribution is 5.43. The van der Waals surface area contributed by atoms with Crippen LogP contribution in [0.15, 0.2) is 0 Å². The first-order valence-corrected chi connectivity index (χ1v) is 3.68. The summed E-state index contributed by atoms with van der Waals surface area (Å²) in [5.41, 5.74) is -4.80. The molecule has 0 spiro atoms. The van der Waals surface area contributed by atoms with Crippen LogP contribution in [0.3, 0.4) is 0 Å². The maximum atomic E-state index is 12.2. The Bertz CT molecular complexity index is 210. The summed E-state index contributed by atoms with van der Waals surface area (Å²) in [6.45, 7) is 0. The molecular weight excluding hydrogens is 226 g/mol. The summed E-state index contributed by atoms with van der Waals surface area (Å²) < 4.78 is 73.2. The van der Waals surface area contributed by atoms with Gasteiger partial charge in [-0.25, -0.2) is 0 Å². The monoisotopic (exact) mass is 231 g/mol. The van der Waals surface area contributed by atoms with Crippen molar-refractivity contribution in [1.29, 1.82) is 0 Å². The topological polar surface area (TPSA) is 20.2 Å². The predicted octanol–water partition coefficient (Wildman–Crippen LogP) is 2.25. The average molecular weight is 231 g/mol. The van der Waals surface area contributed by atoms with Gasteiger partial charge < -0.3 is 5.11 Å². The number of rotatable bonds is 1. The molecule has 1 fully saturated rings. The number of aliphatic hydroxyl groups is 1. The van der Waals surface area contributed by atoms with Crippen molar-refractivity contribution in [2.45, 2.75) is 18.0 Å². The van der Waals surface area contributed by atoms with E-state index in [9.17, 15) is 26.3 Å². The zero-order valence-electron chi connectivity index (χ0n) is 7.02. The highest BCUT2D eigenvalue weighted by Gasteiger charge is 2.74. The molecule has 0 aromatic heterocycles. The van der Waals surface area contributed by atoms with E-state index in [-0.39, 0.29) is 0 Å². The van der Waals surface area contributed by atoms with E-state index in [1.807, 2.05) is 0 Å². The third kappa shape index (κ3) is 1.93. The lowest BCUT2D eigenvalue weighted by atomic mass is 9.84. The Morgan fingerprint density at radius 1 is 0.800 bits per heavy atom. The van der Waals surface area contributed by atoms with E-state index in [2.05, 4.69) is 0 Å². The summed E-state index contributed by atoms with van der Waals surface area (Å²) in [5, 5.41) is 8.79. The summed E-state index contributed by atoms with van der Waals surface area (Å²) in [6, 6.07) is 0. The van der Waals surface area contributed by atoms with Crippen molar-refractivity contribution in [3.05, 3.63) is 31.6 Å². The van der Waals surface area contributed by atoms with Crippen molar-refractivity contribution in [2.24, 2.45) is 0 Å². The quantitative estimate of drug-likeness (QED) is 0.686. The van der Waals surface area contributed by atoms with Crippen LogP contribution in [0.5, 0.6) is 0 Å². The van der Waals surface area contributed by atoms with E-state index in [0.29, 0.717) is 12.8 Å². The molecule has 1 aliphatic rings. The van der Waals surface area contributed by atoms with Gasteiger partial charge in [-0.1, -0.05) is 0 Å². The van der Waals surface area contributed by atoms with Gasteiger partial charge in [0.05, 0.1) is 0 Å². The molecule has 15 heavy (non-hydrogen) atoms. The first-order valence-electron chi connectivity index (χ1n) is 3.68. The summed E-state index contributed by atoms with van der Waals surface area (Å²) in [7, 11) is 0. The van der Waals surface area contributed by atoms with Crippen molar-refractivity contribution < 1.29 is 31.4 Å². The van der Waals surface area contributed by atoms with Crippen LogP contribution in [0.4, 0.5) is 26.3 Å². The molecule has 7 heteroatoms. The summed E-state index contributed by atoms with van der Waals surface area (Å²) in [6.07, 6.45) is -8.50. The molecule has 1 N–H and O–H groups in total. The summed E-state index contributed by atoms with van der Waals surface area (Å²) >= 11 is 0. The Labute approximate surface area is 82.1 Å². The van der Waals surface area contributed by atoms with Gasteiger partial charge >= 0.3 is 12.4 Å². The van der Waals surface area contributed by atoms with E-state index in [1.165, 1.54) is 0 Å². The van der Waals surface area contributed by atoms with Gasteiger partial charge in [-0.3, -0.25) is 0 Å². The lowest BCUT2D eigenvalue weighted by Crippen LogP contribution is -2.60. The van der Waals surface area contributed by atoms with Gasteiger partial charge in [0, 0.05) is 5.92 Å². The zero-order chi connectivity index (χ0) is 11.9. The van der Waals surface area contributed by atoms with Gasteiger partial charge in [-0.2, -0.15) is 26.3 Å². The standard InChI is InChI=1S/C8H5F6O/c9-7(10,11)6(15,8(12,13)14)5-3-1-2-4-5/h1-4,15H. The van der Waals surface area contributed by atoms with E-state index >= 15 is 0 Å². The molecule has 0 aromatic rings. The van der Waals surface area contributed by atoms with E-state index in [1.54, 1.807) is 0 Å². The molecule has 0 unspecified atom stereocenters. The second-order valence-electron chi connectivity index (χ2n) is 2.88. The zero-order valence-corrected chi connectivity index (χ0v) is 7.02. The maximum absolute atomic E-state index is 12.2. The largest absolute Gasteiger partial charge is 0.426 e. The molecule has 0 heterocycles. The Morgan fingerprint density at radius 2 is 1.13 bits per heavy atom. The lowest BCUT2D eigenvalue weighted by molar-refractivity contribution is -0.357. The number of halogens is 6. The Balaban J connectivity index is 3.06. The number of hydrogen-bond donors (Lipinski definition) is 1. The molecule has 0 amide bonds. The van der Waals surface area contributed by atoms with E-state index in [4.69, 9.17) is 5.11 Å². The smallest absolute Gasteiger partial charge is 0.373 e. The Kier molecular flexibility index (Phi) is 2.97. The van der Waals surface area contributed by atoms with Crippen LogP contribution in [0.25, 0.3) is 0 Å². The fraction of sp³-hybridized carbons (Fsp3) is 0.375. The third-order valence-corrected chi connectivity index (χ3v) is 1.90. The second kappa shape index (κ2) is 3.54. The number of hydrogen-bond acceptors (Lipinski definition) is 1. The molecule has 85 valence electrons. The van der Waals surface area contributed by atoms with Crippen LogP contribution >= 0.6 is 0 Å². The molecule has 1 aliphatic carbocycles. The summed E-state index contributed by atoms with van der Waals surface area (Å²) in [4.78, 5) is 0. The first-order chi connectivity index (χ1) is 6.61. The SMILES string of the molecule is OC([C]1[CH][CH][CH][CH]1)(C(F)(F)F)C(F)(F)F. The fourth-order valence-electron chi connectivity index (χ4n) is 1.10. The molecule has 1 nitrogen and oxygen atoms in total. The maximum Gasteiger partial charge on any atom is 0.426 e. The predicted molar refractivity (Wildman–Crippen MR) is 37.5 cm³/mol. The van der Waals surface area contributed by atoms with Crippen LogP contribution in [0.2, 0.25) is 0 Å². The molecular formula is C8H5F6O. The molecule has 0 aromatic carbocycles. The molecule has 1 rings (SSSR count). The Hall–Kier alpha value is -0.460. The molecule has 0 atom stereocenters. The van der Waals surface area contributed by atoms with Crippen LogP contribution < -0.4 is 0 Å². The molecule has 0 aliphatic heterocycles. The van der Waals surface area contributed by atoms with Crippen LogP contribution in [0.1, 0.15) is 0 Å². The Morgan fingerprint density at radius 3 is 1.40 bits per heavy atom. The lowest BCUT2D eigenvalue weighted by Gasteiger charge is -2.36. The highest BCUT2D eigenvalue weighted by Crippen LogP contribution is 2.52. The third-order valence-electron chi connectivity index (χ3n) is 1.90. The molecule has 0 bridgehead atoms. The molecule has 0 saturated heterocycles. The van der Waals surface area contributed by atoms with Crippen molar-refractivity contribution in [3.8, 4) is 0 Å². The van der Waals surface area contributed by atoms with Gasteiger partial charge in [0.25, 0.3) is 5.60 Å². The molecule has 1 saturated carbocycles. The van der Waals surface area contributed by atoms with Crippen molar-refractivity contribution >= 4 is 0 Å². The van der Waals surface area contributed by atoms with Crippen molar-refractivity contribution in [3.63, 3.8) is 0 Å². The van der Waals surface area contributed by atoms with Crippen molar-refractivity contribution in [1.82, 2.24) is 0 Å². The van der Waals surface area contributed by atoms with Crippen molar-refractivity contribution in [2.75, 3.05) is 0 Å². The summed E-state index contributed by atoms with van der Waals surface area (Å²) in [5.74, 6) is -1.23. The van der Waals surface area contributed by atoms with Gasteiger partial charge in [-0.15, -0.1) is 0 Å². The fourth-order valence-corrected chi connectivity index (χ4v) is 1.10. The van der Waals surface area contributed by atoms with Crippen LogP contribution in [-0.4, -0.2) is 23.1 Å². The highest BCUT2D eigenvalue weighted by atomic mass is 19.4. The van der Waals surface area contributed by atoms with Gasteiger partial charge in [-0.05, 0) is 25.7 Å². The number of alkyl halides is 6. The minimum absolute atomic E-state index is 0.570. The van der Waals surface area contributed by atoms with Crippen LogP contribution in [0, 0.1) is 31.6 Å². The van der Waals surface area contributed by atoms with Gasteiger partial charge in [0.15, 0.2) is 0 Å². The normalized spacial score (nSPS) is 21.0. The average Bonchev–Trinajstić information content (AvgIpc) is 2.49. The second-order valence-corrected chi connectivity index (χ2v) is 2.88. The van der Waals surface area contributed by atoms with Gasteiger partial charge in [0.1, 0.15) is 0 Å². The first kappa shape index (κ1) is 12.6. The minimum atomic E-state index is -5.81. The minimum Gasteiger partial charge on any atom is -0.373 e. The molecule has 5 radical (unpaired) electrons. The van der Waals surface area contributed by atoms with E-state index in [0.717, 1.165) is 12.8 Å².